The van der Waals surface area contributed by atoms with Gasteiger partial charge in [-0.1, -0.05) is 24.3 Å². The summed E-state index contributed by atoms with van der Waals surface area (Å²) in [6.07, 6.45) is 1.50. The van der Waals surface area contributed by atoms with Crippen molar-refractivity contribution in [3.8, 4) is 22.8 Å². The Balaban J connectivity index is 1.43. The first-order valence-electron chi connectivity index (χ1n) is 9.91. The van der Waals surface area contributed by atoms with Crippen LogP contribution < -0.4 is 9.47 Å². The highest BCUT2D eigenvalue weighted by molar-refractivity contribution is 8.18. The number of benzene rings is 2. The molecular formula is C24H19NO7S. The van der Waals surface area contributed by atoms with Crippen LogP contribution in [0.15, 0.2) is 70.0 Å². The van der Waals surface area contributed by atoms with Crippen LogP contribution in [0.2, 0.25) is 0 Å². The molecule has 2 aromatic carbocycles. The third-order valence-electron chi connectivity index (χ3n) is 4.81. The molecule has 0 spiro atoms. The number of carbonyl (C=O) groups is 3. The van der Waals surface area contributed by atoms with Crippen LogP contribution in [0.4, 0.5) is 4.79 Å². The maximum Gasteiger partial charge on any atom is 0.335 e. The Labute approximate surface area is 193 Å². The molecule has 0 bridgehead atoms. The van der Waals surface area contributed by atoms with Gasteiger partial charge in [0.15, 0.2) is 11.5 Å². The topological polar surface area (TPSA) is 106 Å². The van der Waals surface area contributed by atoms with Crippen molar-refractivity contribution in [3.63, 3.8) is 0 Å². The fourth-order valence-corrected chi connectivity index (χ4v) is 4.04. The third kappa shape index (κ3) is 4.93. The second-order valence-corrected chi connectivity index (χ2v) is 7.91. The van der Waals surface area contributed by atoms with Crippen molar-refractivity contribution in [2.24, 2.45) is 0 Å². The molecule has 1 N–H and O–H groups in total. The summed E-state index contributed by atoms with van der Waals surface area (Å²) in [5, 5.41) is 8.76. The van der Waals surface area contributed by atoms with Gasteiger partial charge < -0.3 is 19.0 Å². The summed E-state index contributed by atoms with van der Waals surface area (Å²) in [7, 11) is 1.53. The lowest BCUT2D eigenvalue weighted by atomic mass is 10.1. The zero-order chi connectivity index (χ0) is 23.4. The number of methoxy groups -OCH3 is 1. The number of hydrogen-bond donors (Lipinski definition) is 1. The monoisotopic (exact) mass is 465 g/mol. The second-order valence-electron chi connectivity index (χ2n) is 6.92. The predicted molar refractivity (Wildman–Crippen MR) is 122 cm³/mol. The van der Waals surface area contributed by atoms with E-state index in [-0.39, 0.29) is 23.6 Å². The molecule has 0 aliphatic carbocycles. The number of nitrogens with zero attached hydrogens (tertiary/aromatic N) is 1. The average molecular weight is 465 g/mol. The van der Waals surface area contributed by atoms with Crippen LogP contribution in [0, 0.1) is 0 Å². The zero-order valence-corrected chi connectivity index (χ0v) is 18.3. The van der Waals surface area contributed by atoms with E-state index < -0.39 is 17.1 Å². The SMILES string of the molecule is COc1ccccc1OCCN1C(=O)S/C(=C\c2ccc(-c3cccc(C(=O)O)c3)o2)C1=O. The molecule has 2 heterocycles. The van der Waals surface area contributed by atoms with Gasteiger partial charge in [-0.2, -0.15) is 0 Å². The van der Waals surface area contributed by atoms with Crippen LogP contribution in [0.1, 0.15) is 16.1 Å². The number of carbonyl (C=O) groups excluding carboxylic acids is 2. The first kappa shape index (κ1) is 22.2. The van der Waals surface area contributed by atoms with Crippen LogP contribution in [0.25, 0.3) is 17.4 Å². The van der Waals surface area contributed by atoms with Gasteiger partial charge in [0.05, 0.1) is 24.1 Å². The number of para-hydroxylation sites is 2. The van der Waals surface area contributed by atoms with Gasteiger partial charge in [0, 0.05) is 11.6 Å². The van der Waals surface area contributed by atoms with Gasteiger partial charge in [0.2, 0.25) is 0 Å². The van der Waals surface area contributed by atoms with Gasteiger partial charge in [-0.3, -0.25) is 14.5 Å². The maximum atomic E-state index is 12.7. The van der Waals surface area contributed by atoms with E-state index in [0.29, 0.717) is 28.6 Å². The molecular weight excluding hydrogens is 446 g/mol. The number of carboxylic acids is 1. The van der Waals surface area contributed by atoms with E-state index in [0.717, 1.165) is 16.7 Å². The van der Waals surface area contributed by atoms with E-state index in [4.69, 9.17) is 19.0 Å². The number of thioether (sulfide) groups is 1. The number of imide groups is 1. The molecule has 8 nitrogen and oxygen atoms in total. The molecule has 1 aliphatic heterocycles. The van der Waals surface area contributed by atoms with E-state index in [9.17, 15) is 14.4 Å². The third-order valence-corrected chi connectivity index (χ3v) is 5.72. The fraction of sp³-hybridized carbons (Fsp3) is 0.125. The summed E-state index contributed by atoms with van der Waals surface area (Å²) in [4.78, 5) is 37.6. The summed E-state index contributed by atoms with van der Waals surface area (Å²) in [6, 6.07) is 16.8. The Hall–Kier alpha value is -3.98. The van der Waals surface area contributed by atoms with E-state index in [1.165, 1.54) is 25.3 Å². The van der Waals surface area contributed by atoms with Gasteiger partial charge in [-0.25, -0.2) is 4.79 Å². The molecule has 4 rings (SSSR count). The first-order valence-corrected chi connectivity index (χ1v) is 10.7. The molecule has 168 valence electrons. The van der Waals surface area contributed by atoms with Crippen molar-refractivity contribution < 1.29 is 33.4 Å². The lowest BCUT2D eigenvalue weighted by molar-refractivity contribution is -0.123. The van der Waals surface area contributed by atoms with E-state index in [1.807, 2.05) is 6.07 Å². The minimum absolute atomic E-state index is 0.0887. The number of amides is 2. The van der Waals surface area contributed by atoms with E-state index in [2.05, 4.69) is 0 Å². The molecule has 2 amide bonds. The average Bonchev–Trinajstić information content (AvgIpc) is 3.39. The minimum Gasteiger partial charge on any atom is -0.493 e. The first-order chi connectivity index (χ1) is 16.0. The highest BCUT2D eigenvalue weighted by Crippen LogP contribution is 2.33. The lowest BCUT2D eigenvalue weighted by Crippen LogP contribution is -2.32. The van der Waals surface area contributed by atoms with Gasteiger partial charge in [-0.05, 0) is 48.2 Å². The van der Waals surface area contributed by atoms with Crippen molar-refractivity contribution in [2.45, 2.75) is 0 Å². The Bertz CT molecular complexity index is 1250. The zero-order valence-electron chi connectivity index (χ0n) is 17.5. The number of aromatic carboxylic acids is 1. The Kier molecular flexibility index (Phi) is 6.50. The fourth-order valence-electron chi connectivity index (χ4n) is 3.20. The van der Waals surface area contributed by atoms with E-state index >= 15 is 0 Å². The quantitative estimate of drug-likeness (QED) is 0.474. The van der Waals surface area contributed by atoms with Crippen LogP contribution >= 0.6 is 11.8 Å². The highest BCUT2D eigenvalue weighted by Gasteiger charge is 2.35. The smallest absolute Gasteiger partial charge is 0.335 e. The molecule has 0 atom stereocenters. The standard InChI is InChI=1S/C24H19NO7S/c1-30-19-7-2-3-8-20(19)31-12-11-25-22(26)21(33-24(25)29)14-17-9-10-18(32-17)15-5-4-6-16(13-15)23(27)28/h2-10,13-14H,11-12H2,1H3,(H,27,28)/b21-14-. The summed E-state index contributed by atoms with van der Waals surface area (Å²) in [5.74, 6) is 0.452. The summed E-state index contributed by atoms with van der Waals surface area (Å²) >= 11 is 0.823. The Morgan fingerprint density at radius 2 is 1.88 bits per heavy atom. The molecule has 1 saturated heterocycles. The van der Waals surface area contributed by atoms with Crippen LogP contribution in [-0.2, 0) is 4.79 Å². The molecule has 33 heavy (non-hydrogen) atoms. The molecule has 3 aromatic rings. The molecule has 0 unspecified atom stereocenters. The molecule has 0 radical (unpaired) electrons. The second kappa shape index (κ2) is 9.66. The molecule has 1 aliphatic rings. The van der Waals surface area contributed by atoms with Crippen molar-refractivity contribution >= 4 is 35.0 Å². The molecule has 9 heteroatoms. The van der Waals surface area contributed by atoms with Gasteiger partial charge in [0.25, 0.3) is 11.1 Å². The number of carboxylic acid groups (broad SMARTS) is 1. The molecule has 0 saturated carbocycles. The summed E-state index contributed by atoms with van der Waals surface area (Å²) < 4.78 is 16.6. The van der Waals surface area contributed by atoms with Crippen LogP contribution in [-0.4, -0.2) is 47.4 Å². The van der Waals surface area contributed by atoms with Crippen LogP contribution in [0.3, 0.4) is 0 Å². The molecule has 1 aromatic heterocycles. The van der Waals surface area contributed by atoms with Gasteiger partial charge >= 0.3 is 5.97 Å². The lowest BCUT2D eigenvalue weighted by Gasteiger charge is -2.14. The minimum atomic E-state index is -1.04. The maximum absolute atomic E-state index is 12.7. The molecule has 1 fully saturated rings. The Morgan fingerprint density at radius 1 is 1.09 bits per heavy atom. The van der Waals surface area contributed by atoms with Crippen molar-refractivity contribution in [1.29, 1.82) is 0 Å². The highest BCUT2D eigenvalue weighted by atomic mass is 32.2. The van der Waals surface area contributed by atoms with Gasteiger partial charge in [0.1, 0.15) is 18.1 Å². The van der Waals surface area contributed by atoms with Crippen LogP contribution in [0.5, 0.6) is 11.5 Å². The van der Waals surface area contributed by atoms with Crippen molar-refractivity contribution in [2.75, 3.05) is 20.3 Å². The van der Waals surface area contributed by atoms with Gasteiger partial charge in [-0.15, -0.1) is 0 Å². The number of hydrogen-bond acceptors (Lipinski definition) is 7. The predicted octanol–water partition coefficient (Wildman–Crippen LogP) is 4.77. The number of rotatable bonds is 8. The largest absolute Gasteiger partial charge is 0.493 e. The van der Waals surface area contributed by atoms with Crippen molar-refractivity contribution in [1.82, 2.24) is 4.90 Å². The van der Waals surface area contributed by atoms with E-state index in [1.54, 1.807) is 42.5 Å². The van der Waals surface area contributed by atoms with Crippen molar-refractivity contribution in [3.05, 3.63) is 76.9 Å². The normalized spacial score (nSPS) is 14.7. The number of ether oxygens (including phenoxy) is 2. The number of furan rings is 1. The summed E-state index contributed by atoms with van der Waals surface area (Å²) in [5.41, 5.74) is 0.734. The Morgan fingerprint density at radius 3 is 2.64 bits per heavy atom. The summed E-state index contributed by atoms with van der Waals surface area (Å²) in [6.45, 7) is 0.210.